The molecule has 0 heterocycles. The first-order valence-corrected chi connectivity index (χ1v) is 8.19. The number of hydrogen-bond acceptors (Lipinski definition) is 3. The van der Waals surface area contributed by atoms with Crippen molar-refractivity contribution < 1.29 is 9.59 Å². The summed E-state index contributed by atoms with van der Waals surface area (Å²) >= 11 is 0. The van der Waals surface area contributed by atoms with Crippen LogP contribution in [0.25, 0.3) is 0 Å². The molecule has 21 heavy (non-hydrogen) atoms. The molecule has 0 aromatic rings. The van der Waals surface area contributed by atoms with Gasteiger partial charge in [-0.25, -0.2) is 0 Å². The summed E-state index contributed by atoms with van der Waals surface area (Å²) in [5.74, 6) is 0.115. The summed E-state index contributed by atoms with van der Waals surface area (Å²) < 4.78 is 0. The fourth-order valence-corrected chi connectivity index (χ4v) is 2.36. The van der Waals surface area contributed by atoms with E-state index < -0.39 is 6.04 Å². The van der Waals surface area contributed by atoms with E-state index in [0.29, 0.717) is 13.0 Å². The van der Waals surface area contributed by atoms with Crippen LogP contribution in [0.1, 0.15) is 53.9 Å². The lowest BCUT2D eigenvalue weighted by Crippen LogP contribution is -2.54. The molecule has 0 fully saturated rings. The molecule has 124 valence electrons. The summed E-state index contributed by atoms with van der Waals surface area (Å²) in [7, 11) is 1.77. The predicted octanol–water partition coefficient (Wildman–Crippen LogP) is 1.77. The van der Waals surface area contributed by atoms with E-state index in [1.165, 1.54) is 0 Å². The van der Waals surface area contributed by atoms with Gasteiger partial charge in [-0.2, -0.15) is 0 Å². The minimum absolute atomic E-state index is 0.0282. The first-order chi connectivity index (χ1) is 9.92. The number of amides is 2. The van der Waals surface area contributed by atoms with Crippen molar-refractivity contribution in [3.8, 4) is 0 Å². The molecule has 5 nitrogen and oxygen atoms in total. The summed E-state index contributed by atoms with van der Waals surface area (Å²) in [6.45, 7) is 11.4. The van der Waals surface area contributed by atoms with Crippen molar-refractivity contribution in [1.82, 2.24) is 15.5 Å². The van der Waals surface area contributed by atoms with Gasteiger partial charge in [0.15, 0.2) is 0 Å². The Labute approximate surface area is 129 Å². The van der Waals surface area contributed by atoms with Gasteiger partial charge in [0.05, 0.1) is 6.04 Å². The first kappa shape index (κ1) is 19.9. The molecule has 0 aromatic heterocycles. The minimum atomic E-state index is -0.427. The van der Waals surface area contributed by atoms with Gasteiger partial charge < -0.3 is 15.5 Å². The molecule has 0 saturated heterocycles. The SMILES string of the molecule is CCCCN(CC)C(=O)C(CC)NC(=O)C(NC)C(C)C. The van der Waals surface area contributed by atoms with Crippen LogP contribution in [0, 0.1) is 5.92 Å². The number of carbonyl (C=O) groups excluding carboxylic acids is 2. The van der Waals surface area contributed by atoms with Gasteiger partial charge in [0.2, 0.25) is 11.8 Å². The zero-order valence-corrected chi connectivity index (χ0v) is 14.5. The highest BCUT2D eigenvalue weighted by atomic mass is 16.2. The summed E-state index contributed by atoms with van der Waals surface area (Å²) in [4.78, 5) is 26.6. The Hall–Kier alpha value is -1.10. The molecule has 0 spiro atoms. The molecule has 0 aliphatic heterocycles. The van der Waals surface area contributed by atoms with Crippen molar-refractivity contribution in [2.24, 2.45) is 5.92 Å². The number of likely N-dealkylation sites (N-methyl/N-ethyl adjacent to an activating group) is 2. The third-order valence-electron chi connectivity index (χ3n) is 3.76. The molecule has 0 rings (SSSR count). The van der Waals surface area contributed by atoms with Gasteiger partial charge in [-0.3, -0.25) is 9.59 Å². The van der Waals surface area contributed by atoms with Gasteiger partial charge in [0.1, 0.15) is 6.04 Å². The maximum atomic E-state index is 12.5. The van der Waals surface area contributed by atoms with Crippen molar-refractivity contribution in [3.63, 3.8) is 0 Å². The van der Waals surface area contributed by atoms with Crippen LogP contribution in [0.3, 0.4) is 0 Å². The summed E-state index contributed by atoms with van der Waals surface area (Å²) in [5.41, 5.74) is 0. The normalized spacial score (nSPS) is 13.9. The molecule has 5 heteroatoms. The summed E-state index contributed by atoms with van der Waals surface area (Å²) in [6.07, 6.45) is 2.67. The van der Waals surface area contributed by atoms with Crippen LogP contribution in [0.2, 0.25) is 0 Å². The average Bonchev–Trinajstić information content (AvgIpc) is 2.45. The Morgan fingerprint density at radius 1 is 1.14 bits per heavy atom. The quantitative estimate of drug-likeness (QED) is 0.646. The molecule has 0 aromatic carbocycles. The molecule has 0 radical (unpaired) electrons. The zero-order chi connectivity index (χ0) is 16.4. The minimum Gasteiger partial charge on any atom is -0.343 e. The van der Waals surface area contributed by atoms with E-state index in [1.54, 1.807) is 7.05 Å². The van der Waals surface area contributed by atoms with E-state index in [-0.39, 0.29) is 23.8 Å². The molecular formula is C16H33N3O2. The third-order valence-corrected chi connectivity index (χ3v) is 3.76. The fraction of sp³-hybridized carbons (Fsp3) is 0.875. The Morgan fingerprint density at radius 2 is 1.76 bits per heavy atom. The van der Waals surface area contributed by atoms with Crippen molar-refractivity contribution >= 4 is 11.8 Å². The number of unbranched alkanes of at least 4 members (excludes halogenated alkanes) is 1. The molecular weight excluding hydrogens is 266 g/mol. The zero-order valence-electron chi connectivity index (χ0n) is 14.5. The summed E-state index contributed by atoms with van der Waals surface area (Å²) in [6, 6.07) is -0.693. The lowest BCUT2D eigenvalue weighted by atomic mass is 10.0. The second-order valence-electron chi connectivity index (χ2n) is 5.75. The van der Waals surface area contributed by atoms with Gasteiger partial charge >= 0.3 is 0 Å². The maximum absolute atomic E-state index is 12.5. The maximum Gasteiger partial charge on any atom is 0.245 e. The van der Waals surface area contributed by atoms with E-state index in [4.69, 9.17) is 0 Å². The van der Waals surface area contributed by atoms with Gasteiger partial charge in [-0.05, 0) is 32.7 Å². The summed E-state index contributed by atoms with van der Waals surface area (Å²) in [5, 5.41) is 5.91. The predicted molar refractivity (Wildman–Crippen MR) is 87.1 cm³/mol. The molecule has 0 saturated carbocycles. The van der Waals surface area contributed by atoms with Gasteiger partial charge in [0.25, 0.3) is 0 Å². The van der Waals surface area contributed by atoms with E-state index >= 15 is 0 Å². The van der Waals surface area contributed by atoms with Crippen LogP contribution < -0.4 is 10.6 Å². The topological polar surface area (TPSA) is 61.4 Å². The van der Waals surface area contributed by atoms with E-state index in [9.17, 15) is 9.59 Å². The van der Waals surface area contributed by atoms with Gasteiger partial charge in [-0.1, -0.05) is 34.1 Å². The second-order valence-corrected chi connectivity index (χ2v) is 5.75. The first-order valence-electron chi connectivity index (χ1n) is 8.19. The number of hydrogen-bond donors (Lipinski definition) is 2. The number of carbonyl (C=O) groups is 2. The number of nitrogens with one attached hydrogen (secondary N) is 2. The molecule has 2 atom stereocenters. The largest absolute Gasteiger partial charge is 0.343 e. The number of rotatable bonds is 10. The third kappa shape index (κ3) is 6.46. The highest BCUT2D eigenvalue weighted by Crippen LogP contribution is 2.05. The van der Waals surface area contributed by atoms with Crippen molar-refractivity contribution in [2.45, 2.75) is 66.0 Å². The lowest BCUT2D eigenvalue weighted by molar-refractivity contribution is -0.137. The van der Waals surface area contributed by atoms with Crippen LogP contribution in [0.4, 0.5) is 0 Å². The molecule has 0 aliphatic carbocycles. The standard InChI is InChI=1S/C16H33N3O2/c1-7-10-11-19(9-3)16(21)13(8-2)18-15(20)14(17-6)12(4)5/h12-14,17H,7-11H2,1-6H3,(H,18,20). The Balaban J connectivity index is 4.75. The lowest BCUT2D eigenvalue weighted by Gasteiger charge is -2.28. The molecule has 0 bridgehead atoms. The molecule has 2 amide bonds. The van der Waals surface area contributed by atoms with Crippen molar-refractivity contribution in [3.05, 3.63) is 0 Å². The fourth-order valence-electron chi connectivity index (χ4n) is 2.36. The van der Waals surface area contributed by atoms with Crippen LogP contribution in [0.15, 0.2) is 0 Å². The smallest absolute Gasteiger partial charge is 0.245 e. The molecule has 2 unspecified atom stereocenters. The second kappa shape index (κ2) is 10.6. The van der Waals surface area contributed by atoms with Crippen LogP contribution in [-0.2, 0) is 9.59 Å². The van der Waals surface area contributed by atoms with Crippen LogP contribution >= 0.6 is 0 Å². The van der Waals surface area contributed by atoms with Crippen molar-refractivity contribution in [2.75, 3.05) is 20.1 Å². The Morgan fingerprint density at radius 3 is 2.14 bits per heavy atom. The molecule has 2 N–H and O–H groups in total. The van der Waals surface area contributed by atoms with Gasteiger partial charge in [-0.15, -0.1) is 0 Å². The number of nitrogens with zero attached hydrogens (tertiary/aromatic N) is 1. The Kier molecular flexibility index (Phi) is 10.0. The van der Waals surface area contributed by atoms with E-state index in [1.807, 2.05) is 32.6 Å². The van der Waals surface area contributed by atoms with Crippen molar-refractivity contribution in [1.29, 1.82) is 0 Å². The van der Waals surface area contributed by atoms with E-state index in [2.05, 4.69) is 17.6 Å². The highest BCUT2D eigenvalue weighted by molar-refractivity contribution is 5.89. The monoisotopic (exact) mass is 299 g/mol. The van der Waals surface area contributed by atoms with Crippen LogP contribution in [-0.4, -0.2) is 48.9 Å². The van der Waals surface area contributed by atoms with Crippen LogP contribution in [0.5, 0.6) is 0 Å². The highest BCUT2D eigenvalue weighted by Gasteiger charge is 2.27. The Bertz CT molecular complexity index is 319. The van der Waals surface area contributed by atoms with E-state index in [0.717, 1.165) is 19.4 Å². The average molecular weight is 299 g/mol. The molecule has 0 aliphatic rings. The van der Waals surface area contributed by atoms with Gasteiger partial charge in [0, 0.05) is 13.1 Å².